The van der Waals surface area contributed by atoms with Crippen LogP contribution in [0.15, 0.2) is 66.7 Å². The fraction of sp³-hybridized carbons (Fsp3) is 0.136. The first-order valence-electron chi connectivity index (χ1n) is 8.86. The third-order valence-electron chi connectivity index (χ3n) is 4.24. The van der Waals surface area contributed by atoms with Gasteiger partial charge in [-0.05, 0) is 42.0 Å². The predicted molar refractivity (Wildman–Crippen MR) is 108 cm³/mol. The van der Waals surface area contributed by atoms with E-state index < -0.39 is 0 Å². The van der Waals surface area contributed by atoms with Gasteiger partial charge in [-0.15, -0.1) is 0 Å². The first-order valence-corrected chi connectivity index (χ1v) is 9.24. The van der Waals surface area contributed by atoms with Gasteiger partial charge < -0.3 is 19.5 Å². The Labute approximate surface area is 167 Å². The van der Waals surface area contributed by atoms with Gasteiger partial charge in [0.25, 0.3) is 5.91 Å². The van der Waals surface area contributed by atoms with E-state index in [1.807, 2.05) is 18.2 Å². The number of halogens is 1. The van der Waals surface area contributed by atoms with Crippen LogP contribution in [0.4, 0.5) is 5.69 Å². The van der Waals surface area contributed by atoms with Crippen molar-refractivity contribution < 1.29 is 19.0 Å². The van der Waals surface area contributed by atoms with Crippen molar-refractivity contribution in [3.63, 3.8) is 0 Å². The number of carbonyl (C=O) groups is 1. The van der Waals surface area contributed by atoms with Crippen LogP contribution in [0.3, 0.4) is 0 Å². The lowest BCUT2D eigenvalue weighted by molar-refractivity contribution is 0.102. The molecule has 1 N–H and O–H groups in total. The van der Waals surface area contributed by atoms with E-state index in [9.17, 15) is 4.79 Å². The molecule has 0 saturated carbocycles. The third kappa shape index (κ3) is 4.21. The number of amides is 1. The Morgan fingerprint density at radius 1 is 0.964 bits per heavy atom. The summed E-state index contributed by atoms with van der Waals surface area (Å²) in [5.74, 6) is 1.54. The summed E-state index contributed by atoms with van der Waals surface area (Å²) < 4.78 is 16.9. The monoisotopic (exact) mass is 395 g/mol. The fourth-order valence-electron chi connectivity index (χ4n) is 2.84. The quantitative estimate of drug-likeness (QED) is 0.664. The predicted octanol–water partition coefficient (Wildman–Crippen LogP) is 4.94. The van der Waals surface area contributed by atoms with E-state index in [-0.39, 0.29) is 5.91 Å². The molecule has 4 rings (SSSR count). The number of para-hydroxylation sites is 1. The number of anilines is 1. The summed E-state index contributed by atoms with van der Waals surface area (Å²) in [6, 6.07) is 19.8. The van der Waals surface area contributed by atoms with Gasteiger partial charge in [0.1, 0.15) is 25.6 Å². The molecule has 0 aromatic heterocycles. The minimum absolute atomic E-state index is 0.261. The lowest BCUT2D eigenvalue weighted by Crippen LogP contribution is -2.17. The van der Waals surface area contributed by atoms with Crippen molar-refractivity contribution >= 4 is 23.2 Å². The van der Waals surface area contributed by atoms with E-state index in [0.29, 0.717) is 53.3 Å². The van der Waals surface area contributed by atoms with Crippen LogP contribution in [0.5, 0.6) is 17.2 Å². The molecule has 1 aliphatic heterocycles. The number of hydrogen-bond acceptors (Lipinski definition) is 4. The normalized spacial score (nSPS) is 12.3. The van der Waals surface area contributed by atoms with Gasteiger partial charge in [0.05, 0.1) is 5.56 Å². The molecule has 0 fully saturated rings. The van der Waals surface area contributed by atoms with E-state index >= 15 is 0 Å². The second-order valence-electron chi connectivity index (χ2n) is 6.22. The Hall–Kier alpha value is -3.18. The van der Waals surface area contributed by atoms with Crippen molar-refractivity contribution in [3.8, 4) is 17.2 Å². The van der Waals surface area contributed by atoms with Crippen LogP contribution in [-0.2, 0) is 6.61 Å². The first-order chi connectivity index (χ1) is 13.7. The number of fused-ring (bicyclic) bond motifs is 1. The SMILES string of the molecule is O=C(Nc1ccc2c(c1)OCCO2)c1ccccc1OCc1ccc(Cl)cc1. The van der Waals surface area contributed by atoms with Crippen LogP contribution in [0.1, 0.15) is 15.9 Å². The Balaban J connectivity index is 1.47. The van der Waals surface area contributed by atoms with Crippen molar-refractivity contribution in [1.29, 1.82) is 0 Å². The summed E-state index contributed by atoms with van der Waals surface area (Å²) in [5.41, 5.74) is 2.04. The molecule has 3 aromatic carbocycles. The maximum atomic E-state index is 12.8. The Bertz CT molecular complexity index is 988. The zero-order valence-corrected chi connectivity index (χ0v) is 15.7. The maximum Gasteiger partial charge on any atom is 0.259 e. The zero-order chi connectivity index (χ0) is 19.3. The lowest BCUT2D eigenvalue weighted by atomic mass is 10.1. The van der Waals surface area contributed by atoms with Crippen molar-refractivity contribution in [2.24, 2.45) is 0 Å². The molecule has 1 amide bonds. The summed E-state index contributed by atoms with van der Waals surface area (Å²) in [6.07, 6.45) is 0. The summed E-state index contributed by atoms with van der Waals surface area (Å²) >= 11 is 5.91. The molecule has 3 aromatic rings. The van der Waals surface area contributed by atoms with Gasteiger partial charge in [0, 0.05) is 16.8 Å². The highest BCUT2D eigenvalue weighted by Crippen LogP contribution is 2.33. The molecule has 0 atom stereocenters. The molecule has 5 nitrogen and oxygen atoms in total. The highest BCUT2D eigenvalue weighted by molar-refractivity contribution is 6.30. The van der Waals surface area contributed by atoms with Gasteiger partial charge in [-0.25, -0.2) is 0 Å². The number of ether oxygens (including phenoxy) is 3. The van der Waals surface area contributed by atoms with Gasteiger partial charge in [-0.2, -0.15) is 0 Å². The summed E-state index contributed by atoms with van der Waals surface area (Å²) in [6.45, 7) is 1.36. The molecule has 0 aliphatic carbocycles. The second-order valence-corrected chi connectivity index (χ2v) is 6.66. The Morgan fingerprint density at radius 3 is 2.54 bits per heavy atom. The smallest absolute Gasteiger partial charge is 0.259 e. The summed E-state index contributed by atoms with van der Waals surface area (Å²) in [4.78, 5) is 12.8. The van der Waals surface area contributed by atoms with Crippen LogP contribution >= 0.6 is 11.6 Å². The van der Waals surface area contributed by atoms with Gasteiger partial charge in [0.15, 0.2) is 11.5 Å². The topological polar surface area (TPSA) is 56.8 Å². The number of rotatable bonds is 5. The van der Waals surface area contributed by atoms with Crippen LogP contribution in [0.2, 0.25) is 5.02 Å². The molecule has 0 bridgehead atoms. The van der Waals surface area contributed by atoms with Crippen LogP contribution < -0.4 is 19.5 Å². The van der Waals surface area contributed by atoms with Gasteiger partial charge >= 0.3 is 0 Å². The summed E-state index contributed by atoms with van der Waals surface area (Å²) in [5, 5.41) is 3.55. The van der Waals surface area contributed by atoms with E-state index in [2.05, 4.69) is 5.32 Å². The molecular formula is C22H18ClNO4. The largest absolute Gasteiger partial charge is 0.488 e. The van der Waals surface area contributed by atoms with Crippen molar-refractivity contribution in [1.82, 2.24) is 0 Å². The van der Waals surface area contributed by atoms with Crippen molar-refractivity contribution in [2.75, 3.05) is 18.5 Å². The average Bonchev–Trinajstić information content (AvgIpc) is 2.73. The maximum absolute atomic E-state index is 12.8. The number of hydrogen-bond donors (Lipinski definition) is 1. The fourth-order valence-corrected chi connectivity index (χ4v) is 2.97. The van der Waals surface area contributed by atoms with E-state index in [0.717, 1.165) is 5.56 Å². The standard InChI is InChI=1S/C22H18ClNO4/c23-16-7-5-15(6-8-16)14-28-19-4-2-1-3-18(19)22(25)24-17-9-10-20-21(13-17)27-12-11-26-20/h1-10,13H,11-12,14H2,(H,24,25). The van der Waals surface area contributed by atoms with Crippen LogP contribution in [0, 0.1) is 0 Å². The first kappa shape index (κ1) is 18.2. The molecule has 0 saturated heterocycles. The van der Waals surface area contributed by atoms with E-state index in [1.54, 1.807) is 48.5 Å². The molecule has 142 valence electrons. The van der Waals surface area contributed by atoms with E-state index in [1.165, 1.54) is 0 Å². The summed E-state index contributed by atoms with van der Waals surface area (Å²) in [7, 11) is 0. The van der Waals surface area contributed by atoms with Gasteiger partial charge in [0.2, 0.25) is 0 Å². The molecule has 1 heterocycles. The van der Waals surface area contributed by atoms with Gasteiger partial charge in [-0.1, -0.05) is 35.9 Å². The number of benzene rings is 3. The van der Waals surface area contributed by atoms with Crippen LogP contribution in [-0.4, -0.2) is 19.1 Å². The molecule has 0 spiro atoms. The molecule has 0 radical (unpaired) electrons. The van der Waals surface area contributed by atoms with Crippen LogP contribution in [0.25, 0.3) is 0 Å². The molecule has 6 heteroatoms. The third-order valence-corrected chi connectivity index (χ3v) is 4.49. The molecule has 28 heavy (non-hydrogen) atoms. The molecule has 0 unspecified atom stereocenters. The number of nitrogens with one attached hydrogen (secondary N) is 1. The minimum atomic E-state index is -0.261. The Morgan fingerprint density at radius 2 is 1.71 bits per heavy atom. The zero-order valence-electron chi connectivity index (χ0n) is 15.0. The minimum Gasteiger partial charge on any atom is -0.488 e. The molecule has 1 aliphatic rings. The molecular weight excluding hydrogens is 378 g/mol. The van der Waals surface area contributed by atoms with E-state index in [4.69, 9.17) is 25.8 Å². The Kier molecular flexibility index (Phi) is 5.35. The highest BCUT2D eigenvalue weighted by Gasteiger charge is 2.16. The van der Waals surface area contributed by atoms with Crippen molar-refractivity contribution in [3.05, 3.63) is 82.9 Å². The highest BCUT2D eigenvalue weighted by atomic mass is 35.5. The number of carbonyl (C=O) groups excluding carboxylic acids is 1. The second kappa shape index (κ2) is 8.23. The van der Waals surface area contributed by atoms with Crippen molar-refractivity contribution in [2.45, 2.75) is 6.61 Å². The average molecular weight is 396 g/mol. The lowest BCUT2D eigenvalue weighted by Gasteiger charge is -2.19. The van der Waals surface area contributed by atoms with Gasteiger partial charge in [-0.3, -0.25) is 4.79 Å².